The molecule has 4 rings (SSSR count). The van der Waals surface area contributed by atoms with E-state index in [-0.39, 0.29) is 6.42 Å². The van der Waals surface area contributed by atoms with Crippen molar-refractivity contribution in [3.05, 3.63) is 84.4 Å². The van der Waals surface area contributed by atoms with Crippen LogP contribution in [0.2, 0.25) is 0 Å². The SMILES string of the molecule is CCCCOc1ccc(C2C(C(=O)Nc3ccccc3)C(=O)CC(C)(O)C2C(=O)Nc2ccccc2)cc1OCC. The number of hydrogen-bond acceptors (Lipinski definition) is 6. The number of amides is 2. The fourth-order valence-electron chi connectivity index (χ4n) is 5.42. The van der Waals surface area contributed by atoms with E-state index in [1.807, 2.05) is 19.1 Å². The summed E-state index contributed by atoms with van der Waals surface area (Å²) in [4.78, 5) is 41.2. The molecule has 1 saturated carbocycles. The van der Waals surface area contributed by atoms with Gasteiger partial charge in [0.05, 0.1) is 24.7 Å². The lowest BCUT2D eigenvalue weighted by Crippen LogP contribution is -2.56. The smallest absolute Gasteiger partial charge is 0.235 e. The first-order valence-corrected chi connectivity index (χ1v) is 14.1. The number of aliphatic hydroxyl groups is 1. The number of para-hydroxylation sites is 2. The van der Waals surface area contributed by atoms with Gasteiger partial charge >= 0.3 is 0 Å². The van der Waals surface area contributed by atoms with Crippen LogP contribution in [0.4, 0.5) is 11.4 Å². The summed E-state index contributed by atoms with van der Waals surface area (Å²) < 4.78 is 11.8. The molecular formula is C33H38N2O6. The van der Waals surface area contributed by atoms with E-state index < -0.39 is 41.0 Å². The third-order valence-electron chi connectivity index (χ3n) is 7.32. The lowest BCUT2D eigenvalue weighted by Gasteiger charge is -2.44. The van der Waals surface area contributed by atoms with E-state index in [0.717, 1.165) is 12.8 Å². The van der Waals surface area contributed by atoms with Crippen molar-refractivity contribution < 1.29 is 29.0 Å². The first kappa shape index (κ1) is 29.8. The Morgan fingerprint density at radius 3 is 2.07 bits per heavy atom. The minimum Gasteiger partial charge on any atom is -0.490 e. The van der Waals surface area contributed by atoms with Gasteiger partial charge in [-0.15, -0.1) is 0 Å². The Bertz CT molecular complexity index is 1340. The topological polar surface area (TPSA) is 114 Å². The molecule has 0 aliphatic heterocycles. The third kappa shape index (κ3) is 7.13. The molecule has 1 aliphatic rings. The van der Waals surface area contributed by atoms with Gasteiger partial charge in [-0.3, -0.25) is 14.4 Å². The number of hydrogen-bond donors (Lipinski definition) is 3. The second-order valence-corrected chi connectivity index (χ2v) is 10.5. The highest BCUT2D eigenvalue weighted by molar-refractivity contribution is 6.10. The van der Waals surface area contributed by atoms with Crippen LogP contribution in [-0.4, -0.2) is 41.5 Å². The average Bonchev–Trinajstić information content (AvgIpc) is 2.94. The highest BCUT2D eigenvalue weighted by Crippen LogP contribution is 2.48. The van der Waals surface area contributed by atoms with Gasteiger partial charge in [0.2, 0.25) is 11.8 Å². The summed E-state index contributed by atoms with van der Waals surface area (Å²) in [6.45, 7) is 6.28. The van der Waals surface area contributed by atoms with E-state index in [4.69, 9.17) is 9.47 Å². The summed E-state index contributed by atoms with van der Waals surface area (Å²) in [5.74, 6) is -3.84. The molecule has 8 nitrogen and oxygen atoms in total. The second kappa shape index (κ2) is 13.5. The maximum Gasteiger partial charge on any atom is 0.235 e. The zero-order valence-electron chi connectivity index (χ0n) is 23.8. The van der Waals surface area contributed by atoms with Crippen LogP contribution in [0.15, 0.2) is 78.9 Å². The molecule has 4 unspecified atom stereocenters. The molecule has 3 aromatic carbocycles. The minimum atomic E-state index is -1.72. The van der Waals surface area contributed by atoms with Gasteiger partial charge in [0.25, 0.3) is 0 Å². The van der Waals surface area contributed by atoms with E-state index in [1.165, 1.54) is 6.92 Å². The number of carbonyl (C=O) groups excluding carboxylic acids is 3. The molecule has 1 aliphatic carbocycles. The molecule has 0 heterocycles. The van der Waals surface area contributed by atoms with Gasteiger partial charge in [0, 0.05) is 23.7 Å². The zero-order valence-corrected chi connectivity index (χ0v) is 23.8. The van der Waals surface area contributed by atoms with Crippen molar-refractivity contribution in [2.24, 2.45) is 11.8 Å². The number of ketones is 1. The molecule has 4 atom stereocenters. The van der Waals surface area contributed by atoms with Crippen LogP contribution >= 0.6 is 0 Å². The van der Waals surface area contributed by atoms with E-state index in [0.29, 0.717) is 41.7 Å². The maximum atomic E-state index is 13.9. The Morgan fingerprint density at radius 2 is 1.49 bits per heavy atom. The molecular weight excluding hydrogens is 520 g/mol. The molecule has 2 amide bonds. The molecule has 216 valence electrons. The van der Waals surface area contributed by atoms with Crippen LogP contribution in [0.25, 0.3) is 0 Å². The van der Waals surface area contributed by atoms with Gasteiger partial charge in [-0.25, -0.2) is 0 Å². The first-order valence-electron chi connectivity index (χ1n) is 14.1. The van der Waals surface area contributed by atoms with Gasteiger partial charge in [-0.05, 0) is 62.2 Å². The van der Waals surface area contributed by atoms with Crippen LogP contribution in [0, 0.1) is 11.8 Å². The lowest BCUT2D eigenvalue weighted by atomic mass is 9.61. The number of rotatable bonds is 11. The number of benzene rings is 3. The Labute approximate surface area is 241 Å². The number of nitrogens with one attached hydrogen (secondary N) is 2. The minimum absolute atomic E-state index is 0.347. The average molecular weight is 559 g/mol. The molecule has 0 bridgehead atoms. The van der Waals surface area contributed by atoms with E-state index in [1.54, 1.807) is 66.7 Å². The van der Waals surface area contributed by atoms with Crippen LogP contribution in [-0.2, 0) is 14.4 Å². The molecule has 0 spiro atoms. The summed E-state index contributed by atoms with van der Waals surface area (Å²) in [5.41, 5.74) is -0.122. The van der Waals surface area contributed by atoms with E-state index in [2.05, 4.69) is 17.6 Å². The van der Waals surface area contributed by atoms with Gasteiger partial charge in [0.15, 0.2) is 11.5 Å². The normalized spacial score (nSPS) is 22.0. The van der Waals surface area contributed by atoms with Crippen LogP contribution < -0.4 is 20.1 Å². The molecule has 0 radical (unpaired) electrons. The van der Waals surface area contributed by atoms with Crippen molar-refractivity contribution in [1.29, 1.82) is 0 Å². The Balaban J connectivity index is 1.80. The fraction of sp³-hybridized carbons (Fsp3) is 0.364. The molecule has 0 aromatic heterocycles. The number of Topliss-reactive ketones (excluding diaryl/α,β-unsaturated/α-hetero) is 1. The molecule has 1 fully saturated rings. The standard InChI is InChI=1S/C33H38N2O6/c1-4-6-19-41-26-18-17-22(20-27(26)40-5-2)28-29(31(37)34-23-13-9-7-10-14-23)25(36)21-33(3,39)30(28)32(38)35-24-15-11-8-12-16-24/h7-18,20,28-30,39H,4-6,19,21H2,1-3H3,(H,34,37)(H,35,38). The summed E-state index contributed by atoms with van der Waals surface area (Å²) >= 11 is 0. The molecule has 3 aromatic rings. The summed E-state index contributed by atoms with van der Waals surface area (Å²) in [5, 5.41) is 17.3. The fourth-order valence-corrected chi connectivity index (χ4v) is 5.42. The Hall–Kier alpha value is -4.17. The quantitative estimate of drug-likeness (QED) is 0.209. The van der Waals surface area contributed by atoms with Crippen molar-refractivity contribution in [3.8, 4) is 11.5 Å². The van der Waals surface area contributed by atoms with Gasteiger partial charge in [0.1, 0.15) is 11.7 Å². The Morgan fingerprint density at radius 1 is 0.878 bits per heavy atom. The predicted octanol–water partition coefficient (Wildman–Crippen LogP) is 5.58. The zero-order chi connectivity index (χ0) is 29.4. The Kier molecular flexibility index (Phi) is 9.78. The van der Waals surface area contributed by atoms with Crippen molar-refractivity contribution >= 4 is 29.0 Å². The highest BCUT2D eigenvalue weighted by Gasteiger charge is 2.56. The maximum absolute atomic E-state index is 13.9. The van der Waals surface area contributed by atoms with Gasteiger partial charge < -0.3 is 25.2 Å². The van der Waals surface area contributed by atoms with E-state index in [9.17, 15) is 19.5 Å². The van der Waals surface area contributed by atoms with Crippen molar-refractivity contribution in [3.63, 3.8) is 0 Å². The summed E-state index contributed by atoms with van der Waals surface area (Å²) in [6.07, 6.45) is 1.49. The number of ether oxygens (including phenoxy) is 2. The van der Waals surface area contributed by atoms with E-state index >= 15 is 0 Å². The molecule has 0 saturated heterocycles. The number of carbonyl (C=O) groups is 3. The number of unbranched alkanes of at least 4 members (excludes halogenated alkanes) is 1. The van der Waals surface area contributed by atoms with Crippen molar-refractivity contribution in [2.45, 2.75) is 51.6 Å². The predicted molar refractivity (Wildman–Crippen MR) is 158 cm³/mol. The van der Waals surface area contributed by atoms with Gasteiger partial charge in [-0.2, -0.15) is 0 Å². The first-order chi connectivity index (χ1) is 19.7. The summed E-state index contributed by atoms with van der Waals surface area (Å²) in [6, 6.07) is 22.9. The second-order valence-electron chi connectivity index (χ2n) is 10.5. The van der Waals surface area contributed by atoms with Gasteiger partial charge in [-0.1, -0.05) is 55.8 Å². The largest absolute Gasteiger partial charge is 0.490 e. The molecule has 41 heavy (non-hydrogen) atoms. The van der Waals surface area contributed by atoms with Crippen molar-refractivity contribution in [1.82, 2.24) is 0 Å². The molecule has 8 heteroatoms. The lowest BCUT2D eigenvalue weighted by molar-refractivity contribution is -0.150. The highest BCUT2D eigenvalue weighted by atomic mass is 16.5. The van der Waals surface area contributed by atoms with Crippen LogP contribution in [0.1, 0.15) is 51.5 Å². The number of anilines is 2. The third-order valence-corrected chi connectivity index (χ3v) is 7.32. The monoisotopic (exact) mass is 558 g/mol. The van der Waals surface area contributed by atoms with Crippen LogP contribution in [0.3, 0.4) is 0 Å². The van der Waals surface area contributed by atoms with Crippen LogP contribution in [0.5, 0.6) is 11.5 Å². The molecule has 3 N–H and O–H groups in total. The van der Waals surface area contributed by atoms with Crippen molar-refractivity contribution in [2.75, 3.05) is 23.8 Å². The summed E-state index contributed by atoms with van der Waals surface area (Å²) in [7, 11) is 0.